The van der Waals surface area contributed by atoms with Crippen LogP contribution < -0.4 is 4.74 Å². The van der Waals surface area contributed by atoms with Gasteiger partial charge in [-0.05, 0) is 59.9 Å². The fraction of sp³-hybridized carbons (Fsp3) is 0.462. The quantitative estimate of drug-likeness (QED) is 0.444. The maximum absolute atomic E-state index is 10.1. The van der Waals surface area contributed by atoms with E-state index in [1.807, 2.05) is 32.5 Å². The molecule has 0 saturated carbocycles. The summed E-state index contributed by atoms with van der Waals surface area (Å²) >= 11 is 0. The van der Waals surface area contributed by atoms with Crippen LogP contribution in [0, 0.1) is 20.8 Å². The van der Waals surface area contributed by atoms with Gasteiger partial charge in [0.2, 0.25) is 5.88 Å². The lowest BCUT2D eigenvalue weighted by Crippen LogP contribution is -2.32. The zero-order valence-corrected chi connectivity index (χ0v) is 22.0. The molecule has 10 heteroatoms. The predicted octanol–water partition coefficient (Wildman–Crippen LogP) is 3.24. The molecule has 10 nitrogen and oxygen atoms in total. The number of rotatable bonds is 2. The normalized spacial score (nSPS) is 18.4. The number of aliphatic hydroxyl groups excluding tert-OH is 1. The van der Waals surface area contributed by atoms with Crippen LogP contribution in [0.4, 0.5) is 0 Å². The number of aliphatic hydroxyl groups is 1. The van der Waals surface area contributed by atoms with Crippen molar-refractivity contribution in [2.45, 2.75) is 59.9 Å². The number of nitrogens with zero attached hydrogens (tertiary/aromatic N) is 7. The van der Waals surface area contributed by atoms with Crippen molar-refractivity contribution in [3.63, 3.8) is 0 Å². The average Bonchev–Trinajstić information content (AvgIpc) is 3.40. The first-order chi connectivity index (χ1) is 17.1. The number of H-pyrrole nitrogens is 1. The van der Waals surface area contributed by atoms with Gasteiger partial charge in [-0.2, -0.15) is 15.3 Å². The molecule has 2 N–H and O–H groups in total. The van der Waals surface area contributed by atoms with E-state index in [1.54, 1.807) is 11.6 Å². The Morgan fingerprint density at radius 2 is 1.92 bits per heavy atom. The maximum atomic E-state index is 10.1. The van der Waals surface area contributed by atoms with Crippen molar-refractivity contribution in [1.29, 1.82) is 0 Å². The molecule has 0 aromatic carbocycles. The molecule has 36 heavy (non-hydrogen) atoms. The third-order valence-corrected chi connectivity index (χ3v) is 6.61. The smallest absolute Gasteiger partial charge is 0.221 e. The molecule has 0 fully saturated rings. The molecule has 2 atom stereocenters. The van der Waals surface area contributed by atoms with Gasteiger partial charge in [-0.3, -0.25) is 19.7 Å². The highest BCUT2D eigenvalue weighted by molar-refractivity contribution is 5.93. The van der Waals surface area contributed by atoms with Crippen LogP contribution in [0.1, 0.15) is 47.9 Å². The fourth-order valence-corrected chi connectivity index (χ4v) is 5.09. The Labute approximate surface area is 210 Å². The van der Waals surface area contributed by atoms with E-state index >= 15 is 0 Å². The van der Waals surface area contributed by atoms with E-state index in [9.17, 15) is 5.11 Å². The summed E-state index contributed by atoms with van der Waals surface area (Å²) in [5.74, 6) is 0.700. The first kappa shape index (κ1) is 24.2. The Morgan fingerprint density at radius 1 is 1.14 bits per heavy atom. The monoisotopic (exact) mass is 490 g/mol. The Kier molecular flexibility index (Phi) is 6.17. The Morgan fingerprint density at radius 3 is 2.67 bits per heavy atom. The van der Waals surface area contributed by atoms with Gasteiger partial charge in [0.05, 0.1) is 52.4 Å². The van der Waals surface area contributed by atoms with Crippen LogP contribution in [0.5, 0.6) is 5.88 Å². The number of likely N-dealkylation sites (N-methyl/N-ethyl adjacent to an activating group) is 1. The molecule has 1 aliphatic rings. The Bertz CT molecular complexity index is 1460. The van der Waals surface area contributed by atoms with Gasteiger partial charge in [-0.1, -0.05) is 0 Å². The van der Waals surface area contributed by atoms with Gasteiger partial charge in [0.1, 0.15) is 11.6 Å². The van der Waals surface area contributed by atoms with E-state index in [0.29, 0.717) is 25.5 Å². The second-order valence-corrected chi connectivity index (χ2v) is 9.95. The van der Waals surface area contributed by atoms with Gasteiger partial charge in [0.15, 0.2) is 0 Å². The highest BCUT2D eigenvalue weighted by Crippen LogP contribution is 2.35. The van der Waals surface area contributed by atoms with Crippen LogP contribution in [0.2, 0.25) is 0 Å². The second-order valence-electron chi connectivity index (χ2n) is 9.95. The summed E-state index contributed by atoms with van der Waals surface area (Å²) in [5, 5.41) is 28.2. The van der Waals surface area contributed by atoms with Crippen molar-refractivity contribution < 1.29 is 9.84 Å². The molecule has 4 aromatic heterocycles. The van der Waals surface area contributed by atoms with Crippen molar-refractivity contribution in [3.05, 3.63) is 40.1 Å². The minimum atomic E-state index is -0.501. The van der Waals surface area contributed by atoms with Gasteiger partial charge in [0, 0.05) is 31.1 Å². The molecule has 0 aliphatic carbocycles. The van der Waals surface area contributed by atoms with Gasteiger partial charge in [0.25, 0.3) is 0 Å². The van der Waals surface area contributed by atoms with Gasteiger partial charge < -0.3 is 9.84 Å². The number of fused-ring (bicyclic) bond motifs is 4. The van der Waals surface area contributed by atoms with Crippen LogP contribution in [-0.2, 0) is 20.1 Å². The van der Waals surface area contributed by atoms with Gasteiger partial charge in [-0.15, -0.1) is 0 Å². The van der Waals surface area contributed by atoms with E-state index < -0.39 is 6.10 Å². The van der Waals surface area contributed by atoms with Crippen LogP contribution in [0.25, 0.3) is 34.3 Å². The third-order valence-electron chi connectivity index (χ3n) is 6.61. The molecule has 5 heterocycles. The van der Waals surface area contributed by atoms with Crippen LogP contribution in [0.15, 0.2) is 6.07 Å². The number of hydrogen-bond acceptors (Lipinski definition) is 7. The molecular formula is C26H34N8O2. The molecule has 1 aliphatic heterocycles. The molecule has 2 bridgehead atoms. The minimum absolute atomic E-state index is 0.101. The zero-order chi connectivity index (χ0) is 25.7. The van der Waals surface area contributed by atoms with E-state index in [0.717, 1.165) is 56.2 Å². The summed E-state index contributed by atoms with van der Waals surface area (Å²) in [6.07, 6.45) is 3.54. The molecule has 5 rings (SSSR count). The molecule has 0 spiro atoms. The molecule has 190 valence electrons. The standard InChI is InChI=1S/C26H34N8O2/c1-14(35)11-34-23-13-32(6)12-15(2)36-26-24(17(4)30-33(26)7)22-10-20-21(9-8-19(23)16(3)31-34)28-29-25(20)18(5)27-22/h8-10,14-15,35H,11-13H2,1-7H3,(H,28,29)/b9-8+/t14-,15-/m0/s1. The van der Waals surface area contributed by atoms with E-state index in [1.165, 1.54) is 0 Å². The molecular weight excluding hydrogens is 456 g/mol. The van der Waals surface area contributed by atoms with E-state index in [-0.39, 0.29) is 6.10 Å². The lowest BCUT2D eigenvalue weighted by Gasteiger charge is -2.23. The first-order valence-electron chi connectivity index (χ1n) is 12.3. The van der Waals surface area contributed by atoms with Crippen LogP contribution >= 0.6 is 0 Å². The molecule has 0 saturated heterocycles. The zero-order valence-electron chi connectivity index (χ0n) is 22.0. The highest BCUT2D eigenvalue weighted by atomic mass is 16.5. The van der Waals surface area contributed by atoms with Crippen molar-refractivity contribution >= 4 is 23.1 Å². The molecule has 0 amide bonds. The molecule has 4 aromatic rings. The lowest BCUT2D eigenvalue weighted by molar-refractivity contribution is 0.143. The molecule has 0 radical (unpaired) electrons. The first-order valence-corrected chi connectivity index (χ1v) is 12.3. The average molecular weight is 491 g/mol. The number of hydrogen-bond donors (Lipinski definition) is 2. The SMILES string of the molecule is Cc1nn(C[C@H](C)O)c2c1/C=C/c1[nH]nc3c(C)nc(cc13)-c1c(C)nn(C)c1O[C@@H](C)CN(C)C2. The number of aromatic nitrogens is 7. The summed E-state index contributed by atoms with van der Waals surface area (Å²) in [6.45, 7) is 11.6. The second kappa shape index (κ2) is 9.18. The number of pyridine rings is 1. The summed E-state index contributed by atoms with van der Waals surface area (Å²) in [7, 11) is 3.97. The van der Waals surface area contributed by atoms with E-state index in [4.69, 9.17) is 14.8 Å². The van der Waals surface area contributed by atoms with Crippen LogP contribution in [-0.4, -0.2) is 70.5 Å². The summed E-state index contributed by atoms with van der Waals surface area (Å²) in [5.41, 5.74) is 8.16. The van der Waals surface area contributed by atoms with Gasteiger partial charge in [-0.25, -0.2) is 4.68 Å². The van der Waals surface area contributed by atoms with Gasteiger partial charge >= 0.3 is 0 Å². The number of aryl methyl sites for hydroxylation is 4. The Balaban J connectivity index is 1.72. The largest absolute Gasteiger partial charge is 0.473 e. The highest BCUT2D eigenvalue weighted by Gasteiger charge is 2.24. The number of ether oxygens (including phenoxy) is 1. The lowest BCUT2D eigenvalue weighted by atomic mass is 10.1. The van der Waals surface area contributed by atoms with Crippen LogP contribution in [0.3, 0.4) is 0 Å². The minimum Gasteiger partial charge on any atom is -0.473 e. The van der Waals surface area contributed by atoms with E-state index in [2.05, 4.69) is 52.4 Å². The van der Waals surface area contributed by atoms with Crippen molar-refractivity contribution in [3.8, 4) is 17.1 Å². The fourth-order valence-electron chi connectivity index (χ4n) is 5.09. The summed E-state index contributed by atoms with van der Waals surface area (Å²) in [6, 6.07) is 2.06. The van der Waals surface area contributed by atoms with Crippen molar-refractivity contribution in [1.82, 2.24) is 39.6 Å². The predicted molar refractivity (Wildman–Crippen MR) is 140 cm³/mol. The molecule has 0 unspecified atom stereocenters. The topological polar surface area (TPSA) is 110 Å². The summed E-state index contributed by atoms with van der Waals surface area (Å²) in [4.78, 5) is 7.09. The third kappa shape index (κ3) is 4.31. The number of aromatic amines is 1. The summed E-state index contributed by atoms with van der Waals surface area (Å²) < 4.78 is 10.2. The maximum Gasteiger partial charge on any atom is 0.221 e. The Hall–Kier alpha value is -3.50. The van der Waals surface area contributed by atoms with Crippen molar-refractivity contribution in [2.75, 3.05) is 13.6 Å². The van der Waals surface area contributed by atoms with Crippen molar-refractivity contribution in [2.24, 2.45) is 7.05 Å². The number of nitrogens with one attached hydrogen (secondary N) is 1.